The summed E-state index contributed by atoms with van der Waals surface area (Å²) in [5.41, 5.74) is 0.682. The Morgan fingerprint density at radius 1 is 1.64 bits per heavy atom. The Balaban J connectivity index is 2.29. The number of hydrogen-bond acceptors (Lipinski definition) is 1. The van der Waals surface area contributed by atoms with Crippen molar-refractivity contribution in [1.82, 2.24) is 0 Å². The molecule has 0 aromatic heterocycles. The molecule has 0 aliphatic heterocycles. The van der Waals surface area contributed by atoms with Gasteiger partial charge in [-0.25, -0.2) is 4.39 Å². The van der Waals surface area contributed by atoms with E-state index >= 15 is 0 Å². The van der Waals surface area contributed by atoms with Crippen LogP contribution in [-0.2, 0) is 0 Å². The Labute approximate surface area is 87.1 Å². The molecule has 2 rings (SSSR count). The molecule has 0 bridgehead atoms. The minimum Gasteiger partial charge on any atom is -0.205 e. The van der Waals surface area contributed by atoms with Gasteiger partial charge >= 0.3 is 0 Å². The Morgan fingerprint density at radius 3 is 2.86 bits per heavy atom. The molecule has 0 radical (unpaired) electrons. The second kappa shape index (κ2) is 2.96. The van der Waals surface area contributed by atoms with Crippen molar-refractivity contribution in [3.63, 3.8) is 0 Å². The summed E-state index contributed by atoms with van der Waals surface area (Å²) >= 11 is 5.66. The number of nitrogens with zero attached hydrogens (tertiary/aromatic N) is 1. The first-order valence-corrected chi connectivity index (χ1v) is 4.81. The van der Waals surface area contributed by atoms with Gasteiger partial charge in [0.15, 0.2) is 0 Å². The number of halogens is 2. The van der Waals surface area contributed by atoms with Gasteiger partial charge in [0.2, 0.25) is 0 Å². The van der Waals surface area contributed by atoms with Gasteiger partial charge in [-0.05, 0) is 31.0 Å². The van der Waals surface area contributed by atoms with Crippen molar-refractivity contribution in [2.24, 2.45) is 5.41 Å². The third kappa shape index (κ3) is 1.38. The first-order valence-electron chi connectivity index (χ1n) is 4.43. The highest BCUT2D eigenvalue weighted by Gasteiger charge is 2.51. The zero-order valence-electron chi connectivity index (χ0n) is 7.72. The van der Waals surface area contributed by atoms with Crippen molar-refractivity contribution in [3.05, 3.63) is 34.6 Å². The number of nitriles is 1. The number of hydrogen-bond donors (Lipinski definition) is 0. The SMILES string of the molecule is CC1(C#N)CC1c1ccc(F)c(Cl)c1. The monoisotopic (exact) mass is 209 g/mol. The summed E-state index contributed by atoms with van der Waals surface area (Å²) in [5.74, 6) is -0.194. The quantitative estimate of drug-likeness (QED) is 0.695. The van der Waals surface area contributed by atoms with E-state index in [4.69, 9.17) is 16.9 Å². The van der Waals surface area contributed by atoms with Crippen molar-refractivity contribution in [1.29, 1.82) is 5.26 Å². The molecule has 1 aliphatic rings. The van der Waals surface area contributed by atoms with Crippen LogP contribution >= 0.6 is 11.6 Å². The normalized spacial score (nSPS) is 29.7. The zero-order chi connectivity index (χ0) is 10.3. The second-order valence-electron chi connectivity index (χ2n) is 3.96. The minimum absolute atomic E-state index is 0.134. The van der Waals surface area contributed by atoms with Crippen LogP contribution < -0.4 is 0 Å². The average Bonchev–Trinajstić information content (AvgIpc) is 2.84. The number of rotatable bonds is 1. The van der Waals surface area contributed by atoms with Gasteiger partial charge in [0.25, 0.3) is 0 Å². The highest BCUT2D eigenvalue weighted by Crippen LogP contribution is 2.58. The van der Waals surface area contributed by atoms with E-state index in [9.17, 15) is 4.39 Å². The van der Waals surface area contributed by atoms with Gasteiger partial charge in [-0.1, -0.05) is 17.7 Å². The van der Waals surface area contributed by atoms with E-state index in [-0.39, 0.29) is 16.4 Å². The summed E-state index contributed by atoms with van der Waals surface area (Å²) in [6.45, 7) is 1.91. The predicted octanol–water partition coefficient (Wildman–Crippen LogP) is 3.50. The van der Waals surface area contributed by atoms with Crippen molar-refractivity contribution in [3.8, 4) is 6.07 Å². The molecule has 0 saturated heterocycles. The summed E-state index contributed by atoms with van der Waals surface area (Å²) in [7, 11) is 0. The van der Waals surface area contributed by atoms with E-state index in [1.54, 1.807) is 12.1 Å². The lowest BCUT2D eigenvalue weighted by Crippen LogP contribution is -1.93. The van der Waals surface area contributed by atoms with E-state index in [1.807, 2.05) is 6.92 Å². The first kappa shape index (κ1) is 9.48. The van der Waals surface area contributed by atoms with E-state index in [0.717, 1.165) is 12.0 Å². The molecule has 1 fully saturated rings. The maximum Gasteiger partial charge on any atom is 0.141 e. The largest absolute Gasteiger partial charge is 0.205 e. The standard InChI is InChI=1S/C11H9ClFN/c1-11(6-14)5-8(11)7-2-3-10(13)9(12)4-7/h2-4,8H,5H2,1H3. The van der Waals surface area contributed by atoms with Crippen LogP contribution in [0.25, 0.3) is 0 Å². The van der Waals surface area contributed by atoms with Crippen LogP contribution in [0.1, 0.15) is 24.8 Å². The van der Waals surface area contributed by atoms with Crippen LogP contribution in [0.2, 0.25) is 5.02 Å². The maximum absolute atomic E-state index is 12.9. The predicted molar refractivity (Wildman–Crippen MR) is 52.5 cm³/mol. The summed E-state index contributed by atoms with van der Waals surface area (Å²) in [6, 6.07) is 6.93. The van der Waals surface area contributed by atoms with Gasteiger partial charge < -0.3 is 0 Å². The van der Waals surface area contributed by atoms with Gasteiger partial charge in [0.1, 0.15) is 5.82 Å². The summed E-state index contributed by atoms with van der Waals surface area (Å²) in [6.07, 6.45) is 0.839. The Kier molecular flexibility index (Phi) is 2.01. The Bertz CT molecular complexity index is 424. The summed E-state index contributed by atoms with van der Waals surface area (Å²) in [4.78, 5) is 0. The molecule has 0 N–H and O–H groups in total. The smallest absolute Gasteiger partial charge is 0.141 e. The van der Waals surface area contributed by atoms with Crippen LogP contribution in [0, 0.1) is 22.6 Å². The van der Waals surface area contributed by atoms with Crippen molar-refractivity contribution < 1.29 is 4.39 Å². The molecule has 1 nitrogen and oxygen atoms in total. The third-order valence-electron chi connectivity index (χ3n) is 2.84. The number of benzene rings is 1. The molecule has 1 aromatic carbocycles. The van der Waals surface area contributed by atoms with Crippen LogP contribution in [0.5, 0.6) is 0 Å². The van der Waals surface area contributed by atoms with Gasteiger partial charge in [-0.15, -0.1) is 0 Å². The zero-order valence-corrected chi connectivity index (χ0v) is 8.48. The second-order valence-corrected chi connectivity index (χ2v) is 4.37. The van der Waals surface area contributed by atoms with Crippen molar-refractivity contribution in [2.75, 3.05) is 0 Å². The molecular weight excluding hydrogens is 201 g/mol. The fraction of sp³-hybridized carbons (Fsp3) is 0.364. The van der Waals surface area contributed by atoms with Gasteiger partial charge in [0, 0.05) is 5.92 Å². The van der Waals surface area contributed by atoms with Gasteiger partial charge in [0.05, 0.1) is 16.5 Å². The van der Waals surface area contributed by atoms with Crippen molar-refractivity contribution >= 4 is 11.6 Å². The molecule has 2 unspecified atom stereocenters. The maximum atomic E-state index is 12.9. The van der Waals surface area contributed by atoms with E-state index in [2.05, 4.69) is 6.07 Å². The van der Waals surface area contributed by atoms with E-state index < -0.39 is 5.82 Å². The molecule has 1 saturated carbocycles. The first-order chi connectivity index (χ1) is 6.57. The Hall–Kier alpha value is -1.07. The molecule has 3 heteroatoms. The average molecular weight is 210 g/mol. The van der Waals surface area contributed by atoms with Gasteiger partial charge in [-0.3, -0.25) is 0 Å². The molecule has 72 valence electrons. The van der Waals surface area contributed by atoms with Crippen LogP contribution in [0.3, 0.4) is 0 Å². The van der Waals surface area contributed by atoms with Crippen LogP contribution in [0.15, 0.2) is 18.2 Å². The van der Waals surface area contributed by atoms with Crippen LogP contribution in [0.4, 0.5) is 4.39 Å². The third-order valence-corrected chi connectivity index (χ3v) is 3.13. The van der Waals surface area contributed by atoms with Crippen LogP contribution in [-0.4, -0.2) is 0 Å². The lowest BCUT2D eigenvalue weighted by molar-refractivity contribution is 0.626. The summed E-state index contributed by atoms with van der Waals surface area (Å²) in [5, 5.41) is 9.00. The molecule has 1 aliphatic carbocycles. The highest BCUT2D eigenvalue weighted by atomic mass is 35.5. The van der Waals surface area contributed by atoms with Crippen molar-refractivity contribution in [2.45, 2.75) is 19.3 Å². The molecule has 0 heterocycles. The molecular formula is C11H9ClFN. The minimum atomic E-state index is -0.408. The van der Waals surface area contributed by atoms with Gasteiger partial charge in [-0.2, -0.15) is 5.26 Å². The van der Waals surface area contributed by atoms with E-state index in [0.29, 0.717) is 0 Å². The fourth-order valence-electron chi connectivity index (χ4n) is 1.70. The highest BCUT2D eigenvalue weighted by molar-refractivity contribution is 6.30. The van der Waals surface area contributed by atoms with E-state index in [1.165, 1.54) is 6.07 Å². The Morgan fingerprint density at radius 2 is 2.36 bits per heavy atom. The molecule has 2 atom stereocenters. The topological polar surface area (TPSA) is 23.8 Å². The molecule has 0 amide bonds. The molecule has 1 aromatic rings. The molecule has 14 heavy (non-hydrogen) atoms. The fourth-order valence-corrected chi connectivity index (χ4v) is 1.89. The molecule has 0 spiro atoms. The lowest BCUT2D eigenvalue weighted by atomic mass is 10.0. The summed E-state index contributed by atoms with van der Waals surface area (Å²) < 4.78 is 12.9. The lowest BCUT2D eigenvalue weighted by Gasteiger charge is -2.02.